The van der Waals surface area contributed by atoms with E-state index in [0.29, 0.717) is 6.04 Å². The average Bonchev–Trinajstić information content (AvgIpc) is 2.55. The molecule has 1 atom stereocenters. The van der Waals surface area contributed by atoms with E-state index in [0.717, 1.165) is 25.8 Å². The van der Waals surface area contributed by atoms with Crippen molar-refractivity contribution in [3.05, 3.63) is 70.8 Å². The third kappa shape index (κ3) is 4.44. The quantitative estimate of drug-likeness (QED) is 0.775. The summed E-state index contributed by atoms with van der Waals surface area (Å²) >= 11 is 0. The summed E-state index contributed by atoms with van der Waals surface area (Å²) in [5.74, 6) is 0. The third-order valence-corrected chi connectivity index (χ3v) is 4.11. The molecule has 0 bridgehead atoms. The Labute approximate surface area is 129 Å². The molecule has 1 N–H and O–H groups in total. The topological polar surface area (TPSA) is 12.0 Å². The van der Waals surface area contributed by atoms with E-state index in [1.165, 1.54) is 22.3 Å². The molecule has 1 nitrogen and oxygen atoms in total. The second kappa shape index (κ2) is 7.99. The zero-order valence-electron chi connectivity index (χ0n) is 13.5. The summed E-state index contributed by atoms with van der Waals surface area (Å²) in [5, 5.41) is 3.61. The minimum Gasteiger partial charge on any atom is -0.310 e. The molecule has 1 heteroatoms. The monoisotopic (exact) mass is 281 g/mol. The van der Waals surface area contributed by atoms with Gasteiger partial charge < -0.3 is 5.32 Å². The van der Waals surface area contributed by atoms with Crippen LogP contribution in [-0.4, -0.2) is 6.54 Å². The average molecular weight is 281 g/mol. The molecule has 21 heavy (non-hydrogen) atoms. The predicted octanol–water partition coefficient (Wildman–Crippen LogP) is 4.70. The molecule has 0 fully saturated rings. The molecule has 0 amide bonds. The highest BCUT2D eigenvalue weighted by Crippen LogP contribution is 2.20. The van der Waals surface area contributed by atoms with E-state index >= 15 is 0 Å². The predicted molar refractivity (Wildman–Crippen MR) is 91.8 cm³/mol. The normalized spacial score (nSPS) is 12.3. The summed E-state index contributed by atoms with van der Waals surface area (Å²) < 4.78 is 0. The van der Waals surface area contributed by atoms with Gasteiger partial charge in [0.15, 0.2) is 0 Å². The first-order valence-corrected chi connectivity index (χ1v) is 8.16. The van der Waals surface area contributed by atoms with Crippen LogP contribution in [0.4, 0.5) is 0 Å². The highest BCUT2D eigenvalue weighted by atomic mass is 14.9. The van der Waals surface area contributed by atoms with Gasteiger partial charge in [0, 0.05) is 6.04 Å². The van der Waals surface area contributed by atoms with Gasteiger partial charge in [0.05, 0.1) is 0 Å². The molecule has 0 spiro atoms. The van der Waals surface area contributed by atoms with E-state index in [1.54, 1.807) is 0 Å². The summed E-state index contributed by atoms with van der Waals surface area (Å²) in [5.41, 5.74) is 5.60. The molecule has 2 aromatic rings. The maximum absolute atomic E-state index is 3.61. The van der Waals surface area contributed by atoms with Gasteiger partial charge in [0.1, 0.15) is 0 Å². The van der Waals surface area contributed by atoms with Crippen LogP contribution in [0, 0.1) is 0 Å². The van der Waals surface area contributed by atoms with Crippen molar-refractivity contribution in [2.24, 2.45) is 0 Å². The molecule has 0 saturated heterocycles. The second-order valence-electron chi connectivity index (χ2n) is 5.58. The zero-order valence-corrected chi connectivity index (χ0v) is 13.5. The molecule has 0 aliphatic rings. The van der Waals surface area contributed by atoms with Crippen molar-refractivity contribution in [2.45, 2.75) is 46.1 Å². The number of hydrogen-bond acceptors (Lipinski definition) is 1. The molecule has 0 radical (unpaired) electrons. The fourth-order valence-corrected chi connectivity index (χ4v) is 2.69. The van der Waals surface area contributed by atoms with Gasteiger partial charge in [0.2, 0.25) is 0 Å². The molecule has 0 aromatic heterocycles. The highest BCUT2D eigenvalue weighted by Gasteiger charge is 2.11. The molecule has 0 saturated carbocycles. The largest absolute Gasteiger partial charge is 0.310 e. The van der Waals surface area contributed by atoms with Gasteiger partial charge in [-0.05, 0) is 48.1 Å². The summed E-state index contributed by atoms with van der Waals surface area (Å²) in [7, 11) is 0. The summed E-state index contributed by atoms with van der Waals surface area (Å²) in [4.78, 5) is 0. The van der Waals surface area contributed by atoms with Crippen molar-refractivity contribution in [3.8, 4) is 0 Å². The van der Waals surface area contributed by atoms with Crippen molar-refractivity contribution in [1.82, 2.24) is 5.32 Å². The molecule has 0 aliphatic carbocycles. The van der Waals surface area contributed by atoms with E-state index in [4.69, 9.17) is 0 Å². The smallest absolute Gasteiger partial charge is 0.0360 e. The van der Waals surface area contributed by atoms with Crippen LogP contribution in [0.2, 0.25) is 0 Å². The van der Waals surface area contributed by atoms with Gasteiger partial charge in [-0.15, -0.1) is 0 Å². The van der Waals surface area contributed by atoms with Crippen LogP contribution in [0.5, 0.6) is 0 Å². The molecule has 0 aliphatic heterocycles. The standard InChI is InChI=1S/C20H27N/c1-4-16-7-9-18(10-8-16)15-20(21-6-3)19-13-11-17(5-2)12-14-19/h7-14,20-21H,4-6,15H2,1-3H3. The van der Waals surface area contributed by atoms with Crippen molar-refractivity contribution in [2.75, 3.05) is 6.54 Å². The number of aryl methyl sites for hydroxylation is 2. The van der Waals surface area contributed by atoms with Gasteiger partial charge in [-0.2, -0.15) is 0 Å². The molecular weight excluding hydrogens is 254 g/mol. The lowest BCUT2D eigenvalue weighted by Crippen LogP contribution is -2.23. The Hall–Kier alpha value is -1.60. The lowest BCUT2D eigenvalue weighted by molar-refractivity contribution is 0.549. The van der Waals surface area contributed by atoms with Crippen molar-refractivity contribution in [1.29, 1.82) is 0 Å². The molecule has 112 valence electrons. The molecule has 0 heterocycles. The highest BCUT2D eigenvalue weighted by molar-refractivity contribution is 5.28. The maximum atomic E-state index is 3.61. The Kier molecular flexibility index (Phi) is 6.01. The van der Waals surface area contributed by atoms with Crippen molar-refractivity contribution >= 4 is 0 Å². The van der Waals surface area contributed by atoms with Gasteiger partial charge in [0.25, 0.3) is 0 Å². The minimum absolute atomic E-state index is 0.397. The summed E-state index contributed by atoms with van der Waals surface area (Å²) in [6, 6.07) is 18.5. The Morgan fingerprint density at radius 1 is 0.714 bits per heavy atom. The van der Waals surface area contributed by atoms with Gasteiger partial charge in [-0.3, -0.25) is 0 Å². The van der Waals surface area contributed by atoms with Crippen LogP contribution in [0.1, 0.15) is 49.1 Å². The van der Waals surface area contributed by atoms with Crippen LogP contribution in [0.3, 0.4) is 0 Å². The number of benzene rings is 2. The molecular formula is C20H27N. The fourth-order valence-electron chi connectivity index (χ4n) is 2.69. The van der Waals surface area contributed by atoms with Crippen LogP contribution in [-0.2, 0) is 19.3 Å². The van der Waals surface area contributed by atoms with E-state index in [2.05, 4.69) is 74.6 Å². The van der Waals surface area contributed by atoms with Crippen LogP contribution in [0.25, 0.3) is 0 Å². The number of nitrogens with one attached hydrogen (secondary N) is 1. The van der Waals surface area contributed by atoms with E-state index in [1.807, 2.05) is 0 Å². The Bertz CT molecular complexity index is 525. The summed E-state index contributed by atoms with van der Waals surface area (Å²) in [6.45, 7) is 7.57. The maximum Gasteiger partial charge on any atom is 0.0360 e. The second-order valence-corrected chi connectivity index (χ2v) is 5.58. The number of likely N-dealkylation sites (N-methyl/N-ethyl adjacent to an activating group) is 1. The van der Waals surface area contributed by atoms with Gasteiger partial charge in [-0.25, -0.2) is 0 Å². The Balaban J connectivity index is 2.13. The first-order chi connectivity index (χ1) is 10.3. The zero-order chi connectivity index (χ0) is 15.1. The van der Waals surface area contributed by atoms with Gasteiger partial charge >= 0.3 is 0 Å². The van der Waals surface area contributed by atoms with Crippen LogP contribution >= 0.6 is 0 Å². The summed E-state index contributed by atoms with van der Waals surface area (Å²) in [6.07, 6.45) is 3.25. The minimum atomic E-state index is 0.397. The van der Waals surface area contributed by atoms with E-state index in [9.17, 15) is 0 Å². The first kappa shape index (κ1) is 15.8. The van der Waals surface area contributed by atoms with Crippen molar-refractivity contribution < 1.29 is 0 Å². The van der Waals surface area contributed by atoms with Crippen LogP contribution in [0.15, 0.2) is 48.5 Å². The lowest BCUT2D eigenvalue weighted by Gasteiger charge is -2.19. The molecule has 1 unspecified atom stereocenters. The van der Waals surface area contributed by atoms with Crippen molar-refractivity contribution in [3.63, 3.8) is 0 Å². The first-order valence-electron chi connectivity index (χ1n) is 8.16. The lowest BCUT2D eigenvalue weighted by atomic mass is 9.96. The molecule has 2 rings (SSSR count). The van der Waals surface area contributed by atoms with Crippen LogP contribution < -0.4 is 5.32 Å². The SMILES string of the molecule is CCNC(Cc1ccc(CC)cc1)c1ccc(CC)cc1. The Morgan fingerprint density at radius 2 is 1.19 bits per heavy atom. The van der Waals surface area contributed by atoms with E-state index < -0.39 is 0 Å². The number of hydrogen-bond donors (Lipinski definition) is 1. The fraction of sp³-hybridized carbons (Fsp3) is 0.400. The van der Waals surface area contributed by atoms with E-state index in [-0.39, 0.29) is 0 Å². The molecule has 2 aromatic carbocycles. The third-order valence-electron chi connectivity index (χ3n) is 4.11. The Morgan fingerprint density at radius 3 is 1.67 bits per heavy atom. The van der Waals surface area contributed by atoms with Gasteiger partial charge in [-0.1, -0.05) is 69.3 Å². The number of rotatable bonds is 7.